The summed E-state index contributed by atoms with van der Waals surface area (Å²) in [5.74, 6) is 1.77. The van der Waals surface area contributed by atoms with E-state index in [4.69, 9.17) is 5.11 Å². The largest absolute Gasteiger partial charge is 0.508 e. The molecule has 1 fully saturated rings. The second-order valence-electron chi connectivity index (χ2n) is 8.12. The lowest BCUT2D eigenvalue weighted by Gasteiger charge is -2.18. The molecule has 5 nitrogen and oxygen atoms in total. The smallest absolute Gasteiger partial charge is 0.139 e. The van der Waals surface area contributed by atoms with Crippen LogP contribution >= 0.6 is 11.8 Å². The van der Waals surface area contributed by atoms with Crippen LogP contribution < -0.4 is 0 Å². The van der Waals surface area contributed by atoms with Crippen LogP contribution in [0.2, 0.25) is 0 Å². The quantitative estimate of drug-likeness (QED) is 0.280. The number of hydrogen-bond donors (Lipinski definition) is 4. The lowest BCUT2D eigenvalue weighted by atomic mass is 9.91. The lowest BCUT2D eigenvalue weighted by molar-refractivity contribution is -0.121. The number of carbonyl (C=O) groups is 1. The van der Waals surface area contributed by atoms with Crippen LogP contribution in [0, 0.1) is 11.8 Å². The molecular weight excluding hydrogens is 400 g/mol. The summed E-state index contributed by atoms with van der Waals surface area (Å²) in [4.78, 5) is 12.3. The first-order valence-electron chi connectivity index (χ1n) is 11.0. The van der Waals surface area contributed by atoms with E-state index in [1.807, 2.05) is 18.2 Å². The molecular formula is C24H36O5S. The number of phenols is 1. The summed E-state index contributed by atoms with van der Waals surface area (Å²) in [6.07, 6.45) is 6.95. The van der Waals surface area contributed by atoms with Gasteiger partial charge in [0.25, 0.3) is 0 Å². The standard InChI is InChI=1S/C24H36O5S/c1-2-5-18-14-17(6-9-22(18)27)15-19(26)7-8-20-21(24(29)16-23(20)28)10-13-30-12-4-3-11-25/h6-9,14,19-21,23,25-28H,2-5,10-13,15-16H2,1H3/b8-7+/t19-,20-,21-,23-/m1/s1. The summed E-state index contributed by atoms with van der Waals surface area (Å²) >= 11 is 1.78. The van der Waals surface area contributed by atoms with Crippen LogP contribution in [0.15, 0.2) is 30.4 Å². The summed E-state index contributed by atoms with van der Waals surface area (Å²) in [6, 6.07) is 5.42. The maximum absolute atomic E-state index is 12.3. The first kappa shape index (κ1) is 24.9. The maximum atomic E-state index is 12.3. The fraction of sp³-hybridized carbons (Fsp3) is 0.625. The van der Waals surface area contributed by atoms with Gasteiger partial charge in [0.1, 0.15) is 11.5 Å². The van der Waals surface area contributed by atoms with Gasteiger partial charge in [0, 0.05) is 31.3 Å². The average Bonchev–Trinajstić information content (AvgIpc) is 2.98. The zero-order valence-electron chi connectivity index (χ0n) is 17.9. The van der Waals surface area contributed by atoms with Crippen LogP contribution in [0.25, 0.3) is 0 Å². The Morgan fingerprint density at radius 1 is 1.27 bits per heavy atom. The van der Waals surface area contributed by atoms with Crippen molar-refractivity contribution >= 4 is 17.5 Å². The van der Waals surface area contributed by atoms with E-state index in [-0.39, 0.29) is 36.4 Å². The van der Waals surface area contributed by atoms with Gasteiger partial charge in [-0.3, -0.25) is 4.79 Å². The number of benzene rings is 1. The van der Waals surface area contributed by atoms with Crippen LogP contribution in [-0.2, 0) is 17.6 Å². The number of Topliss-reactive ketones (excluding diaryl/α,β-unsaturated/α-hetero) is 1. The molecule has 0 aliphatic heterocycles. The number of carbonyl (C=O) groups excluding carboxylic acids is 1. The van der Waals surface area contributed by atoms with Gasteiger partial charge in [-0.2, -0.15) is 11.8 Å². The van der Waals surface area contributed by atoms with Gasteiger partial charge in [-0.05, 0) is 54.4 Å². The fourth-order valence-electron chi connectivity index (χ4n) is 4.02. The second kappa shape index (κ2) is 13.2. The van der Waals surface area contributed by atoms with Crippen LogP contribution in [0.1, 0.15) is 50.2 Å². The predicted octanol–water partition coefficient (Wildman–Crippen LogP) is 3.27. The van der Waals surface area contributed by atoms with Crippen LogP contribution in [-0.4, -0.2) is 56.5 Å². The van der Waals surface area contributed by atoms with E-state index in [9.17, 15) is 20.1 Å². The van der Waals surface area contributed by atoms with E-state index in [2.05, 4.69) is 6.92 Å². The van der Waals surface area contributed by atoms with E-state index in [1.165, 1.54) is 0 Å². The second-order valence-corrected chi connectivity index (χ2v) is 9.35. The third-order valence-electron chi connectivity index (χ3n) is 5.67. The number of aromatic hydroxyl groups is 1. The Bertz CT molecular complexity index is 690. The highest BCUT2D eigenvalue weighted by Gasteiger charge is 2.39. The Hall–Kier alpha value is -1.34. The molecule has 0 bridgehead atoms. The molecule has 0 unspecified atom stereocenters. The summed E-state index contributed by atoms with van der Waals surface area (Å²) < 4.78 is 0. The van der Waals surface area contributed by atoms with Crippen LogP contribution in [0.4, 0.5) is 0 Å². The summed E-state index contributed by atoms with van der Waals surface area (Å²) in [7, 11) is 0. The zero-order chi connectivity index (χ0) is 21.9. The Morgan fingerprint density at radius 3 is 2.80 bits per heavy atom. The number of hydrogen-bond acceptors (Lipinski definition) is 6. The van der Waals surface area contributed by atoms with E-state index in [1.54, 1.807) is 23.9 Å². The molecule has 1 aliphatic carbocycles. The van der Waals surface area contributed by atoms with Crippen molar-refractivity contribution in [3.05, 3.63) is 41.5 Å². The highest BCUT2D eigenvalue weighted by molar-refractivity contribution is 7.99. The summed E-state index contributed by atoms with van der Waals surface area (Å²) in [5, 5.41) is 39.5. The van der Waals surface area contributed by atoms with Gasteiger partial charge in [-0.1, -0.05) is 37.6 Å². The zero-order valence-corrected chi connectivity index (χ0v) is 18.7. The molecule has 30 heavy (non-hydrogen) atoms. The minimum atomic E-state index is -0.708. The highest BCUT2D eigenvalue weighted by atomic mass is 32.2. The molecule has 1 saturated carbocycles. The molecule has 1 aromatic rings. The van der Waals surface area contributed by atoms with Crippen LogP contribution in [0.5, 0.6) is 5.75 Å². The molecule has 168 valence electrons. The van der Waals surface area contributed by atoms with Crippen molar-refractivity contribution in [3.63, 3.8) is 0 Å². The van der Waals surface area contributed by atoms with Crippen molar-refractivity contribution in [3.8, 4) is 5.75 Å². The van der Waals surface area contributed by atoms with Gasteiger partial charge < -0.3 is 20.4 Å². The van der Waals surface area contributed by atoms with Crippen molar-refractivity contribution in [2.45, 2.75) is 64.1 Å². The van der Waals surface area contributed by atoms with Gasteiger partial charge in [0.2, 0.25) is 0 Å². The van der Waals surface area contributed by atoms with Crippen molar-refractivity contribution in [2.75, 3.05) is 18.1 Å². The molecule has 0 amide bonds. The summed E-state index contributed by atoms with van der Waals surface area (Å²) in [5.41, 5.74) is 1.84. The normalized spacial score (nSPS) is 22.8. The van der Waals surface area contributed by atoms with Gasteiger partial charge in [0.05, 0.1) is 12.2 Å². The number of thioether (sulfide) groups is 1. The first-order chi connectivity index (χ1) is 14.5. The molecule has 1 aromatic carbocycles. The SMILES string of the molecule is CCCc1cc(C[C@H](O)/C=C/[C@H]2[C@H](O)CC(=O)[C@@H]2CCSCCCCO)ccc1O. The molecule has 1 aliphatic rings. The van der Waals surface area contributed by atoms with E-state index >= 15 is 0 Å². The number of phenolic OH excluding ortho intramolecular Hbond substituents is 1. The van der Waals surface area contributed by atoms with Crippen molar-refractivity contribution in [1.82, 2.24) is 0 Å². The Labute approximate surface area is 184 Å². The minimum absolute atomic E-state index is 0.102. The van der Waals surface area contributed by atoms with Crippen molar-refractivity contribution in [1.29, 1.82) is 0 Å². The molecule has 0 radical (unpaired) electrons. The molecule has 6 heteroatoms. The van der Waals surface area contributed by atoms with Gasteiger partial charge in [-0.25, -0.2) is 0 Å². The van der Waals surface area contributed by atoms with E-state index in [0.717, 1.165) is 54.7 Å². The van der Waals surface area contributed by atoms with Gasteiger partial charge in [-0.15, -0.1) is 0 Å². The lowest BCUT2D eigenvalue weighted by Crippen LogP contribution is -2.20. The first-order valence-corrected chi connectivity index (χ1v) is 12.2. The Morgan fingerprint density at radius 2 is 2.07 bits per heavy atom. The number of rotatable bonds is 13. The fourth-order valence-corrected chi connectivity index (χ4v) is 5.05. The number of aliphatic hydroxyl groups excluding tert-OH is 3. The number of unbranched alkanes of at least 4 members (excludes halogenated alkanes) is 1. The third kappa shape index (κ3) is 7.73. The molecule has 4 atom stereocenters. The number of aryl methyl sites for hydroxylation is 1. The summed E-state index contributed by atoms with van der Waals surface area (Å²) in [6.45, 7) is 2.27. The van der Waals surface area contributed by atoms with E-state index < -0.39 is 12.2 Å². The molecule has 0 heterocycles. The van der Waals surface area contributed by atoms with Crippen molar-refractivity contribution < 1.29 is 25.2 Å². The average molecular weight is 437 g/mol. The molecule has 0 spiro atoms. The minimum Gasteiger partial charge on any atom is -0.508 e. The van der Waals surface area contributed by atoms with Gasteiger partial charge >= 0.3 is 0 Å². The third-order valence-corrected chi connectivity index (χ3v) is 6.77. The van der Waals surface area contributed by atoms with Crippen molar-refractivity contribution in [2.24, 2.45) is 11.8 Å². The van der Waals surface area contributed by atoms with Crippen LogP contribution in [0.3, 0.4) is 0 Å². The number of ketones is 1. The highest BCUT2D eigenvalue weighted by Crippen LogP contribution is 2.34. The Balaban J connectivity index is 1.90. The monoisotopic (exact) mass is 436 g/mol. The van der Waals surface area contributed by atoms with E-state index in [0.29, 0.717) is 6.42 Å². The molecule has 0 saturated heterocycles. The van der Waals surface area contributed by atoms with Gasteiger partial charge in [0.15, 0.2) is 0 Å². The number of aliphatic hydroxyl groups is 3. The molecule has 0 aromatic heterocycles. The topological polar surface area (TPSA) is 98.0 Å². The maximum Gasteiger partial charge on any atom is 0.139 e. The Kier molecular flexibility index (Phi) is 10.9. The molecule has 2 rings (SSSR count). The predicted molar refractivity (Wildman–Crippen MR) is 122 cm³/mol. The molecule has 4 N–H and O–H groups in total.